The van der Waals surface area contributed by atoms with Crippen molar-refractivity contribution >= 4 is 27.3 Å². The number of nitrogens with zero attached hydrogens (tertiary/aromatic N) is 1. The van der Waals surface area contributed by atoms with E-state index in [1.165, 1.54) is 18.4 Å². The van der Waals surface area contributed by atoms with Crippen LogP contribution < -0.4 is 10.1 Å². The minimum Gasteiger partial charge on any atom is -0.487 e. The van der Waals surface area contributed by atoms with Crippen molar-refractivity contribution in [2.24, 2.45) is 0 Å². The number of ether oxygens (including phenoxy) is 1. The fourth-order valence-electron chi connectivity index (χ4n) is 1.95. The summed E-state index contributed by atoms with van der Waals surface area (Å²) < 4.78 is 6.95. The van der Waals surface area contributed by atoms with Crippen molar-refractivity contribution in [3.63, 3.8) is 0 Å². The molecule has 1 aromatic heterocycles. The number of benzene rings is 1. The van der Waals surface area contributed by atoms with E-state index in [1.807, 2.05) is 24.4 Å². The largest absolute Gasteiger partial charge is 0.487 e. The maximum Gasteiger partial charge on any atom is 0.131 e. The quantitative estimate of drug-likeness (QED) is 0.851. The van der Waals surface area contributed by atoms with E-state index < -0.39 is 0 Å². The minimum atomic E-state index is 0.529. The van der Waals surface area contributed by atoms with Crippen LogP contribution in [-0.4, -0.2) is 11.0 Å². The molecule has 3 rings (SSSR count). The Morgan fingerprint density at radius 1 is 1.45 bits per heavy atom. The van der Waals surface area contributed by atoms with Crippen LogP contribution in [0.1, 0.15) is 29.1 Å². The van der Waals surface area contributed by atoms with Gasteiger partial charge >= 0.3 is 0 Å². The van der Waals surface area contributed by atoms with E-state index in [9.17, 15) is 0 Å². The zero-order valence-electron chi connectivity index (χ0n) is 11.4. The first-order chi connectivity index (χ1) is 9.70. The number of hydrogen-bond acceptors (Lipinski definition) is 4. The van der Waals surface area contributed by atoms with E-state index in [1.54, 1.807) is 11.3 Å². The van der Waals surface area contributed by atoms with Crippen molar-refractivity contribution in [2.45, 2.75) is 39.0 Å². The highest BCUT2D eigenvalue weighted by molar-refractivity contribution is 9.10. The maximum absolute atomic E-state index is 5.82. The predicted octanol–water partition coefficient (Wildman–Crippen LogP) is 4.05. The van der Waals surface area contributed by atoms with Gasteiger partial charge in [-0.1, -0.05) is 15.9 Å². The average molecular weight is 353 g/mol. The second-order valence-corrected chi connectivity index (χ2v) is 6.97. The van der Waals surface area contributed by atoms with Crippen molar-refractivity contribution in [3.8, 4) is 5.75 Å². The molecule has 0 saturated heterocycles. The van der Waals surface area contributed by atoms with Gasteiger partial charge in [-0.05, 0) is 43.5 Å². The van der Waals surface area contributed by atoms with Gasteiger partial charge < -0.3 is 10.1 Å². The van der Waals surface area contributed by atoms with Crippen LogP contribution in [0.4, 0.5) is 0 Å². The zero-order chi connectivity index (χ0) is 13.9. The Bertz CT molecular complexity index is 595. The molecule has 0 unspecified atom stereocenters. The topological polar surface area (TPSA) is 34.1 Å². The second kappa shape index (κ2) is 6.24. The molecule has 0 aliphatic heterocycles. The van der Waals surface area contributed by atoms with Crippen molar-refractivity contribution in [2.75, 3.05) is 0 Å². The molecule has 0 radical (unpaired) electrons. The van der Waals surface area contributed by atoms with E-state index in [-0.39, 0.29) is 0 Å². The second-order valence-electron chi connectivity index (χ2n) is 5.05. The molecule has 0 spiro atoms. The van der Waals surface area contributed by atoms with Crippen LogP contribution in [0.2, 0.25) is 0 Å². The summed E-state index contributed by atoms with van der Waals surface area (Å²) in [5, 5.41) is 6.64. The summed E-state index contributed by atoms with van der Waals surface area (Å²) in [5.74, 6) is 0.895. The SMILES string of the molecule is Cc1nc(COc2ccc(Br)c(CNC3CC3)c2)cs1. The summed E-state index contributed by atoms with van der Waals surface area (Å²) >= 11 is 5.25. The molecule has 1 N–H and O–H groups in total. The summed E-state index contributed by atoms with van der Waals surface area (Å²) in [5.41, 5.74) is 2.23. The van der Waals surface area contributed by atoms with Gasteiger partial charge in [0.15, 0.2) is 0 Å². The van der Waals surface area contributed by atoms with Crippen LogP contribution >= 0.6 is 27.3 Å². The molecule has 1 saturated carbocycles. The van der Waals surface area contributed by atoms with E-state index >= 15 is 0 Å². The summed E-state index contributed by atoms with van der Waals surface area (Å²) in [6.45, 7) is 3.43. The summed E-state index contributed by atoms with van der Waals surface area (Å²) in [4.78, 5) is 4.41. The molecule has 0 bridgehead atoms. The number of halogens is 1. The third-order valence-electron chi connectivity index (χ3n) is 3.23. The third-order valence-corrected chi connectivity index (χ3v) is 4.82. The first kappa shape index (κ1) is 14.0. The van der Waals surface area contributed by atoms with Gasteiger partial charge in [-0.3, -0.25) is 0 Å². The maximum atomic E-state index is 5.82. The molecule has 106 valence electrons. The van der Waals surface area contributed by atoms with Crippen molar-refractivity contribution in [1.82, 2.24) is 10.3 Å². The number of aromatic nitrogens is 1. The highest BCUT2D eigenvalue weighted by atomic mass is 79.9. The summed E-state index contributed by atoms with van der Waals surface area (Å²) in [6, 6.07) is 6.85. The van der Waals surface area contributed by atoms with E-state index in [0.717, 1.165) is 27.5 Å². The fourth-order valence-corrected chi connectivity index (χ4v) is 2.93. The summed E-state index contributed by atoms with van der Waals surface area (Å²) in [6.07, 6.45) is 2.61. The molecule has 1 fully saturated rings. The molecular weight excluding hydrogens is 336 g/mol. The fraction of sp³-hybridized carbons (Fsp3) is 0.400. The van der Waals surface area contributed by atoms with Gasteiger partial charge in [0.05, 0.1) is 10.7 Å². The molecule has 0 amide bonds. The molecule has 3 nitrogen and oxygen atoms in total. The van der Waals surface area contributed by atoms with Crippen LogP contribution in [0.25, 0.3) is 0 Å². The monoisotopic (exact) mass is 352 g/mol. The number of nitrogens with one attached hydrogen (secondary N) is 1. The molecule has 1 heterocycles. The predicted molar refractivity (Wildman–Crippen MR) is 85.2 cm³/mol. The molecule has 1 aliphatic carbocycles. The lowest BCUT2D eigenvalue weighted by atomic mass is 10.2. The number of thiazole rings is 1. The van der Waals surface area contributed by atoms with Crippen LogP contribution in [0.15, 0.2) is 28.1 Å². The molecule has 1 aliphatic rings. The number of aryl methyl sites for hydroxylation is 1. The lowest BCUT2D eigenvalue weighted by molar-refractivity contribution is 0.301. The number of rotatable bonds is 6. The van der Waals surface area contributed by atoms with Gasteiger partial charge in [-0.25, -0.2) is 4.98 Å². The number of hydrogen-bond donors (Lipinski definition) is 1. The first-order valence-corrected chi connectivity index (χ1v) is 8.43. The van der Waals surface area contributed by atoms with Crippen LogP contribution in [0.5, 0.6) is 5.75 Å². The van der Waals surface area contributed by atoms with Crippen molar-refractivity contribution < 1.29 is 4.74 Å². The van der Waals surface area contributed by atoms with Crippen molar-refractivity contribution in [3.05, 3.63) is 44.3 Å². The normalized spacial score (nSPS) is 14.5. The van der Waals surface area contributed by atoms with Gasteiger partial charge in [0, 0.05) is 22.4 Å². The van der Waals surface area contributed by atoms with Gasteiger partial charge in [0.1, 0.15) is 12.4 Å². The highest BCUT2D eigenvalue weighted by Gasteiger charge is 2.20. The van der Waals surface area contributed by atoms with Crippen LogP contribution in [0, 0.1) is 6.92 Å². The molecule has 1 aromatic carbocycles. The summed E-state index contributed by atoms with van der Waals surface area (Å²) in [7, 11) is 0. The Hall–Kier alpha value is -0.910. The molecule has 5 heteroatoms. The van der Waals surface area contributed by atoms with Gasteiger partial charge in [-0.2, -0.15) is 0 Å². The van der Waals surface area contributed by atoms with E-state index in [4.69, 9.17) is 4.74 Å². The standard InChI is InChI=1S/C15H17BrN2OS/c1-10-18-13(9-20-10)8-19-14-4-5-15(16)11(6-14)7-17-12-2-3-12/h4-6,9,12,17H,2-3,7-8H2,1H3. The molecule has 0 atom stereocenters. The molecule has 2 aromatic rings. The van der Waals surface area contributed by atoms with Gasteiger partial charge in [0.2, 0.25) is 0 Å². The highest BCUT2D eigenvalue weighted by Crippen LogP contribution is 2.25. The molecular formula is C15H17BrN2OS. The van der Waals surface area contributed by atoms with Crippen molar-refractivity contribution in [1.29, 1.82) is 0 Å². The minimum absolute atomic E-state index is 0.529. The van der Waals surface area contributed by atoms with E-state index in [2.05, 4.69) is 32.3 Å². The van der Waals surface area contributed by atoms with E-state index in [0.29, 0.717) is 12.6 Å². The molecule has 20 heavy (non-hydrogen) atoms. The van der Waals surface area contributed by atoms with Crippen LogP contribution in [-0.2, 0) is 13.2 Å². The average Bonchev–Trinajstić information content (AvgIpc) is 3.18. The smallest absolute Gasteiger partial charge is 0.131 e. The Kier molecular flexibility index (Phi) is 4.38. The third kappa shape index (κ3) is 3.81. The zero-order valence-corrected chi connectivity index (χ0v) is 13.8. The first-order valence-electron chi connectivity index (χ1n) is 6.76. The Balaban J connectivity index is 1.61. The Morgan fingerprint density at radius 3 is 3.00 bits per heavy atom. The Morgan fingerprint density at radius 2 is 2.30 bits per heavy atom. The Labute approximate surface area is 131 Å². The lowest BCUT2D eigenvalue weighted by Gasteiger charge is -2.10. The van der Waals surface area contributed by atoms with Crippen LogP contribution in [0.3, 0.4) is 0 Å². The van der Waals surface area contributed by atoms with Gasteiger partial charge in [0.25, 0.3) is 0 Å². The lowest BCUT2D eigenvalue weighted by Crippen LogP contribution is -2.15. The van der Waals surface area contributed by atoms with Gasteiger partial charge in [-0.15, -0.1) is 11.3 Å².